The van der Waals surface area contributed by atoms with Gasteiger partial charge in [0.25, 0.3) is 0 Å². The zero-order chi connectivity index (χ0) is 55.6. The average Bonchev–Trinajstić information content (AvgIpc) is 3.48. The molecule has 0 aliphatic heterocycles. The van der Waals surface area contributed by atoms with Gasteiger partial charge in [-0.1, -0.05) is 205 Å². The number of rotatable bonds is 0. The Morgan fingerprint density at radius 2 is 0.400 bits per heavy atom. The summed E-state index contributed by atoms with van der Waals surface area (Å²) in [6.45, 7) is 21.8. The van der Waals surface area contributed by atoms with Gasteiger partial charge in [-0.15, -0.1) is 0 Å². The van der Waals surface area contributed by atoms with Crippen LogP contribution in [-0.2, 0) is 0 Å². The van der Waals surface area contributed by atoms with Gasteiger partial charge in [0.2, 0.25) is 0 Å². The molecule has 0 spiro atoms. The Balaban J connectivity index is 0.000000105. The van der Waals surface area contributed by atoms with Crippen molar-refractivity contribution < 1.29 is 0 Å². The molecule has 0 amide bonds. The third kappa shape index (κ3) is 10.9. The predicted molar refractivity (Wildman–Crippen MR) is 355 cm³/mol. The van der Waals surface area contributed by atoms with Crippen LogP contribution in [0, 0.1) is 69.2 Å². The van der Waals surface area contributed by atoms with E-state index in [9.17, 15) is 0 Å². The van der Waals surface area contributed by atoms with Crippen LogP contribution in [0.2, 0.25) is 0 Å². The highest BCUT2D eigenvalue weighted by Gasteiger charge is 2.08. The van der Waals surface area contributed by atoms with Gasteiger partial charge in [0.05, 0.1) is 0 Å². The molecule has 0 unspecified atom stereocenters. The van der Waals surface area contributed by atoms with Gasteiger partial charge in [-0.05, 0) is 270 Å². The van der Waals surface area contributed by atoms with E-state index in [-0.39, 0.29) is 0 Å². The van der Waals surface area contributed by atoms with E-state index in [0.29, 0.717) is 0 Å². The molecule has 390 valence electrons. The first-order chi connectivity index (χ1) is 38.8. The van der Waals surface area contributed by atoms with Crippen LogP contribution in [0.4, 0.5) is 0 Å². The average molecular weight is 1030 g/mol. The summed E-state index contributed by atoms with van der Waals surface area (Å²) in [4.78, 5) is 0. The van der Waals surface area contributed by atoms with E-state index in [1.54, 1.807) is 0 Å². The molecule has 0 aliphatic rings. The lowest BCUT2D eigenvalue weighted by Crippen LogP contribution is -1.84. The smallest absolute Gasteiger partial charge is 0.0146 e. The van der Waals surface area contributed by atoms with Gasteiger partial charge < -0.3 is 0 Å². The number of aryl methyl sites for hydroxylation is 10. The molecule has 0 heteroatoms. The van der Waals surface area contributed by atoms with Crippen LogP contribution < -0.4 is 0 Å². The van der Waals surface area contributed by atoms with Crippen LogP contribution in [0.15, 0.2) is 243 Å². The lowest BCUT2D eigenvalue weighted by atomic mass is 9.95. The second-order valence-corrected chi connectivity index (χ2v) is 22.2. The first kappa shape index (κ1) is 52.9. The number of hydrogen-bond acceptors (Lipinski definition) is 0. The molecular weight excluding hydrogens is 961 g/mol. The molecule has 15 aromatic carbocycles. The van der Waals surface area contributed by atoms with Crippen molar-refractivity contribution in [1.82, 2.24) is 0 Å². The third-order valence-electron chi connectivity index (χ3n) is 16.4. The van der Waals surface area contributed by atoms with Crippen molar-refractivity contribution >= 4 is 108 Å². The monoisotopic (exact) mass is 1030 g/mol. The first-order valence-electron chi connectivity index (χ1n) is 28.2. The SMILES string of the molecule is Cc1cc(C)c2cc3ccccc3cc2c1.Cc1cc(C)c2cc3ccccc3cc2c1.Cc1cccc2c(C)c3ccccc3cc12.Cc1cccc2c(C)c3ccccc3cc12.Cc1cccc2cc3c(C)cccc3cc12. The molecule has 0 radical (unpaired) electrons. The van der Waals surface area contributed by atoms with Crippen molar-refractivity contribution in [3.05, 3.63) is 298 Å². The summed E-state index contributed by atoms with van der Waals surface area (Å²) in [5.41, 5.74) is 13.6. The maximum Gasteiger partial charge on any atom is -0.0146 e. The van der Waals surface area contributed by atoms with Gasteiger partial charge in [0, 0.05) is 0 Å². The fourth-order valence-electron chi connectivity index (χ4n) is 12.1. The van der Waals surface area contributed by atoms with E-state index >= 15 is 0 Å². The van der Waals surface area contributed by atoms with Crippen LogP contribution in [0.5, 0.6) is 0 Å². The summed E-state index contributed by atoms with van der Waals surface area (Å²) in [7, 11) is 0. The van der Waals surface area contributed by atoms with E-state index in [4.69, 9.17) is 0 Å². The summed E-state index contributed by atoms with van der Waals surface area (Å²) in [5.74, 6) is 0. The quantitative estimate of drug-likeness (QED) is 0.133. The summed E-state index contributed by atoms with van der Waals surface area (Å²) >= 11 is 0. The molecule has 80 heavy (non-hydrogen) atoms. The van der Waals surface area contributed by atoms with Crippen LogP contribution in [0.3, 0.4) is 0 Å². The Bertz CT molecular complexity index is 4480. The Labute approximate surface area is 472 Å². The molecule has 0 saturated heterocycles. The molecule has 0 atom stereocenters. The minimum atomic E-state index is 1.32. The molecule has 15 rings (SSSR count). The molecule has 0 N–H and O–H groups in total. The normalized spacial score (nSPS) is 11.1. The van der Waals surface area contributed by atoms with Gasteiger partial charge in [0.1, 0.15) is 0 Å². The molecule has 15 aromatic rings. The molecule has 0 fully saturated rings. The topological polar surface area (TPSA) is 0 Å². The van der Waals surface area contributed by atoms with Crippen LogP contribution in [-0.4, -0.2) is 0 Å². The molecule has 0 heterocycles. The summed E-state index contributed by atoms with van der Waals surface area (Å²) in [6, 6.07) is 87.7. The molecule has 0 nitrogen and oxygen atoms in total. The number of benzene rings is 15. The van der Waals surface area contributed by atoms with E-state index in [1.165, 1.54) is 163 Å². The summed E-state index contributed by atoms with van der Waals surface area (Å²) in [6.07, 6.45) is 0. The Hall–Kier alpha value is -9.10. The zero-order valence-corrected chi connectivity index (χ0v) is 48.1. The third-order valence-corrected chi connectivity index (χ3v) is 16.4. The van der Waals surface area contributed by atoms with Gasteiger partial charge in [-0.2, -0.15) is 0 Å². The standard InChI is InChI=1S/5C16H14/c1-11-5-3-7-13-10-16-12(2)6-4-8-14(16)9-15(11)13;2*1-11-6-5-9-15-12(2)14-8-4-3-7-13(14)10-16(11)15;2*1-11-7-12(2)16-10-14-6-4-3-5-13(14)9-15(16)8-11/h5*3-10H,1-2H3. The molecule has 0 aliphatic carbocycles. The van der Waals surface area contributed by atoms with Crippen LogP contribution in [0.1, 0.15) is 55.6 Å². The predicted octanol–water partition coefficient (Wildman–Crippen LogP) is 23.0. The van der Waals surface area contributed by atoms with Gasteiger partial charge in [0.15, 0.2) is 0 Å². The van der Waals surface area contributed by atoms with Crippen molar-refractivity contribution in [1.29, 1.82) is 0 Å². The van der Waals surface area contributed by atoms with Crippen molar-refractivity contribution in [2.75, 3.05) is 0 Å². The first-order valence-corrected chi connectivity index (χ1v) is 28.2. The molecule has 0 aromatic heterocycles. The summed E-state index contributed by atoms with van der Waals surface area (Å²) in [5, 5.41) is 27.0. The van der Waals surface area contributed by atoms with Crippen LogP contribution >= 0.6 is 0 Å². The highest BCUT2D eigenvalue weighted by Crippen LogP contribution is 2.33. The lowest BCUT2D eigenvalue weighted by molar-refractivity contribution is 1.43. The second-order valence-electron chi connectivity index (χ2n) is 22.2. The number of hydrogen-bond donors (Lipinski definition) is 0. The zero-order valence-electron chi connectivity index (χ0n) is 48.1. The van der Waals surface area contributed by atoms with E-state index in [2.05, 4.69) is 312 Å². The van der Waals surface area contributed by atoms with Crippen molar-refractivity contribution in [2.45, 2.75) is 69.2 Å². The highest BCUT2D eigenvalue weighted by atomic mass is 14.1. The van der Waals surface area contributed by atoms with E-state index < -0.39 is 0 Å². The maximum atomic E-state index is 2.30. The number of fused-ring (bicyclic) bond motifs is 10. The second kappa shape index (κ2) is 22.7. The molecule has 0 bridgehead atoms. The minimum Gasteiger partial charge on any atom is -0.0616 e. The lowest BCUT2D eigenvalue weighted by Gasteiger charge is -2.09. The molecule has 0 saturated carbocycles. The Morgan fingerprint density at radius 1 is 0.150 bits per heavy atom. The van der Waals surface area contributed by atoms with Crippen molar-refractivity contribution in [3.8, 4) is 0 Å². The minimum absolute atomic E-state index is 1.32. The van der Waals surface area contributed by atoms with Gasteiger partial charge in [-0.25, -0.2) is 0 Å². The Kier molecular flexibility index (Phi) is 15.0. The largest absolute Gasteiger partial charge is 0.0616 e. The fraction of sp³-hybridized carbons (Fsp3) is 0.125. The highest BCUT2D eigenvalue weighted by molar-refractivity contribution is 6.06. The van der Waals surface area contributed by atoms with Gasteiger partial charge in [-0.3, -0.25) is 0 Å². The summed E-state index contributed by atoms with van der Waals surface area (Å²) < 4.78 is 0. The van der Waals surface area contributed by atoms with Crippen molar-refractivity contribution in [3.63, 3.8) is 0 Å². The van der Waals surface area contributed by atoms with Crippen molar-refractivity contribution in [2.24, 2.45) is 0 Å². The van der Waals surface area contributed by atoms with Crippen LogP contribution in [0.25, 0.3) is 108 Å². The molecular formula is C80H70. The van der Waals surface area contributed by atoms with Gasteiger partial charge >= 0.3 is 0 Å². The fourth-order valence-corrected chi connectivity index (χ4v) is 12.1. The maximum absolute atomic E-state index is 2.30. The van der Waals surface area contributed by atoms with E-state index in [0.717, 1.165) is 0 Å². The Morgan fingerprint density at radius 3 is 0.787 bits per heavy atom. The van der Waals surface area contributed by atoms with E-state index in [1.807, 2.05) is 0 Å².